The number of nitrogens with zero attached hydrogens (tertiary/aromatic N) is 4. The Kier molecular flexibility index (Phi) is 5.23. The van der Waals surface area contributed by atoms with E-state index in [2.05, 4.69) is 40.4 Å². The highest BCUT2D eigenvalue weighted by molar-refractivity contribution is 7.89. The second kappa shape index (κ2) is 7.55. The third kappa shape index (κ3) is 3.82. The monoisotopic (exact) mass is 412 g/mol. The van der Waals surface area contributed by atoms with Crippen molar-refractivity contribution in [3.8, 4) is 0 Å². The van der Waals surface area contributed by atoms with Gasteiger partial charge in [0.15, 0.2) is 0 Å². The molecule has 7 heteroatoms. The van der Waals surface area contributed by atoms with Gasteiger partial charge in [-0.15, -0.1) is 0 Å². The highest BCUT2D eigenvalue weighted by Gasteiger charge is 2.29. The minimum absolute atomic E-state index is 0.428. The summed E-state index contributed by atoms with van der Waals surface area (Å²) >= 11 is 0. The lowest BCUT2D eigenvalue weighted by molar-refractivity contribution is 0.154. The van der Waals surface area contributed by atoms with E-state index < -0.39 is 10.0 Å². The lowest BCUT2D eigenvalue weighted by Gasteiger charge is -2.34. The van der Waals surface area contributed by atoms with E-state index in [4.69, 9.17) is 0 Å². The largest absolute Gasteiger partial charge is 0.317 e. The Hall–Kier alpha value is -2.22. The number of benzene rings is 2. The highest BCUT2D eigenvalue weighted by atomic mass is 32.2. The van der Waals surface area contributed by atoms with Crippen molar-refractivity contribution in [2.75, 3.05) is 26.2 Å². The maximum atomic E-state index is 13.1. The summed E-state index contributed by atoms with van der Waals surface area (Å²) in [4.78, 5) is 7.24. The Morgan fingerprint density at radius 1 is 0.897 bits per heavy atom. The zero-order valence-electron chi connectivity index (χ0n) is 17.5. The molecule has 0 unspecified atom stereocenters. The number of piperazine rings is 1. The van der Waals surface area contributed by atoms with Gasteiger partial charge >= 0.3 is 0 Å². The fourth-order valence-electron chi connectivity index (χ4n) is 3.88. The third-order valence-electron chi connectivity index (χ3n) is 5.88. The summed E-state index contributed by atoms with van der Waals surface area (Å²) in [5.74, 6) is 0. The maximum Gasteiger partial charge on any atom is 0.243 e. The van der Waals surface area contributed by atoms with E-state index in [1.54, 1.807) is 10.4 Å². The van der Waals surface area contributed by atoms with E-state index >= 15 is 0 Å². The number of fused-ring (bicyclic) bond motifs is 1. The molecule has 2 aromatic carbocycles. The average molecular weight is 413 g/mol. The number of aryl methyl sites for hydroxylation is 4. The zero-order valence-corrected chi connectivity index (χ0v) is 18.3. The first-order valence-corrected chi connectivity index (χ1v) is 11.4. The Morgan fingerprint density at radius 3 is 2.31 bits per heavy atom. The van der Waals surface area contributed by atoms with E-state index in [0.29, 0.717) is 31.1 Å². The molecule has 1 aliphatic heterocycles. The molecule has 1 aromatic heterocycles. The number of hydrogen-bond donors (Lipinski definition) is 0. The van der Waals surface area contributed by atoms with Crippen LogP contribution < -0.4 is 0 Å². The lowest BCUT2D eigenvalue weighted by atomic mass is 10.1. The van der Waals surface area contributed by atoms with Gasteiger partial charge in [0.25, 0.3) is 0 Å². The molecular weight excluding hydrogens is 384 g/mol. The summed E-state index contributed by atoms with van der Waals surface area (Å²) in [5, 5.41) is 0. The average Bonchev–Trinajstić information content (AvgIpc) is 3.06. The molecule has 0 bridgehead atoms. The van der Waals surface area contributed by atoms with Crippen molar-refractivity contribution >= 4 is 21.1 Å². The molecule has 0 saturated carbocycles. The highest BCUT2D eigenvalue weighted by Crippen LogP contribution is 2.23. The van der Waals surface area contributed by atoms with E-state index in [-0.39, 0.29) is 0 Å². The van der Waals surface area contributed by atoms with Crippen LogP contribution in [-0.4, -0.2) is 53.4 Å². The molecule has 1 aliphatic rings. The summed E-state index contributed by atoms with van der Waals surface area (Å²) in [6.07, 6.45) is 1.88. The molecule has 0 amide bonds. The van der Waals surface area contributed by atoms with Gasteiger partial charge in [0.05, 0.1) is 28.9 Å². The Bertz CT molecular complexity index is 1160. The number of sulfonamides is 1. The van der Waals surface area contributed by atoms with Crippen molar-refractivity contribution in [1.82, 2.24) is 18.8 Å². The standard InChI is InChI=1S/C22H28N4O2S/c1-16-5-6-17(2)22(11-16)29(27,28)26-9-7-24(8-10-26)15-25-14-23-20-12-18(3)19(4)13-21(20)25/h5-6,11-14H,7-10,15H2,1-4H3. The molecular formula is C22H28N4O2S. The summed E-state index contributed by atoms with van der Waals surface area (Å²) in [6, 6.07) is 9.91. The number of hydrogen-bond acceptors (Lipinski definition) is 4. The minimum Gasteiger partial charge on any atom is -0.317 e. The van der Waals surface area contributed by atoms with Crippen LogP contribution in [-0.2, 0) is 16.7 Å². The first-order chi connectivity index (χ1) is 13.8. The van der Waals surface area contributed by atoms with Crippen molar-refractivity contribution in [2.24, 2.45) is 0 Å². The van der Waals surface area contributed by atoms with Crippen molar-refractivity contribution in [3.63, 3.8) is 0 Å². The van der Waals surface area contributed by atoms with Gasteiger partial charge in [-0.05, 0) is 68.1 Å². The molecule has 0 N–H and O–H groups in total. The first kappa shape index (κ1) is 20.1. The molecule has 4 rings (SSSR count). The zero-order chi connectivity index (χ0) is 20.8. The van der Waals surface area contributed by atoms with Gasteiger partial charge in [-0.25, -0.2) is 13.4 Å². The van der Waals surface area contributed by atoms with E-state index in [0.717, 1.165) is 28.8 Å². The molecule has 29 heavy (non-hydrogen) atoms. The fraction of sp³-hybridized carbons (Fsp3) is 0.409. The van der Waals surface area contributed by atoms with Crippen LogP contribution in [0, 0.1) is 27.7 Å². The van der Waals surface area contributed by atoms with Gasteiger partial charge in [0.1, 0.15) is 0 Å². The second-order valence-corrected chi connectivity index (χ2v) is 9.98. The quantitative estimate of drug-likeness (QED) is 0.660. The van der Waals surface area contributed by atoms with Crippen LogP contribution in [0.4, 0.5) is 0 Å². The van der Waals surface area contributed by atoms with Crippen LogP contribution in [0.1, 0.15) is 22.3 Å². The van der Waals surface area contributed by atoms with Crippen molar-refractivity contribution in [3.05, 3.63) is 58.9 Å². The van der Waals surface area contributed by atoms with Crippen LogP contribution in [0.25, 0.3) is 11.0 Å². The van der Waals surface area contributed by atoms with Gasteiger partial charge in [-0.2, -0.15) is 4.31 Å². The van der Waals surface area contributed by atoms with E-state index in [9.17, 15) is 8.42 Å². The summed E-state index contributed by atoms with van der Waals surface area (Å²) in [7, 11) is -3.46. The Morgan fingerprint density at radius 2 is 1.59 bits per heavy atom. The second-order valence-electron chi connectivity index (χ2n) is 8.07. The molecule has 0 atom stereocenters. The molecule has 0 spiro atoms. The third-order valence-corrected chi connectivity index (χ3v) is 7.92. The van der Waals surface area contributed by atoms with Gasteiger partial charge in [-0.3, -0.25) is 4.90 Å². The molecule has 154 valence electrons. The minimum atomic E-state index is -3.46. The topological polar surface area (TPSA) is 58.4 Å². The van der Waals surface area contributed by atoms with Gasteiger partial charge in [0.2, 0.25) is 10.0 Å². The lowest BCUT2D eigenvalue weighted by Crippen LogP contribution is -2.48. The number of imidazole rings is 1. The summed E-state index contributed by atoms with van der Waals surface area (Å²) in [6.45, 7) is 11.1. The maximum absolute atomic E-state index is 13.1. The van der Waals surface area contributed by atoms with Crippen molar-refractivity contribution in [1.29, 1.82) is 0 Å². The van der Waals surface area contributed by atoms with Crippen LogP contribution in [0.3, 0.4) is 0 Å². The Balaban J connectivity index is 1.47. The molecule has 0 aliphatic carbocycles. The van der Waals surface area contributed by atoms with Gasteiger partial charge in [0, 0.05) is 26.2 Å². The number of rotatable bonds is 4. The van der Waals surface area contributed by atoms with Crippen LogP contribution >= 0.6 is 0 Å². The smallest absolute Gasteiger partial charge is 0.243 e. The SMILES string of the molecule is Cc1ccc(C)c(S(=O)(=O)N2CCN(Cn3cnc4cc(C)c(C)cc43)CC2)c1. The van der Waals surface area contributed by atoms with Gasteiger partial charge < -0.3 is 4.57 Å². The fourth-order valence-corrected chi connectivity index (χ4v) is 5.61. The predicted octanol–water partition coefficient (Wildman–Crippen LogP) is 3.23. The summed E-state index contributed by atoms with van der Waals surface area (Å²) in [5.41, 5.74) is 6.39. The van der Waals surface area contributed by atoms with Crippen LogP contribution in [0.5, 0.6) is 0 Å². The molecule has 3 aromatic rings. The first-order valence-electron chi connectivity index (χ1n) is 9.97. The molecule has 1 fully saturated rings. The van der Waals surface area contributed by atoms with Gasteiger partial charge in [-0.1, -0.05) is 12.1 Å². The molecule has 2 heterocycles. The molecule has 6 nitrogen and oxygen atoms in total. The van der Waals surface area contributed by atoms with Crippen molar-refractivity contribution < 1.29 is 8.42 Å². The van der Waals surface area contributed by atoms with Crippen molar-refractivity contribution in [2.45, 2.75) is 39.3 Å². The Labute approximate surface area is 172 Å². The molecule has 0 radical (unpaired) electrons. The van der Waals surface area contributed by atoms with Crippen LogP contribution in [0.2, 0.25) is 0 Å². The normalized spacial score (nSPS) is 16.6. The molecule has 1 saturated heterocycles. The van der Waals surface area contributed by atoms with E-state index in [1.807, 2.05) is 32.3 Å². The van der Waals surface area contributed by atoms with E-state index in [1.165, 1.54) is 11.1 Å². The van der Waals surface area contributed by atoms with Crippen LogP contribution in [0.15, 0.2) is 41.6 Å². The number of aromatic nitrogens is 2. The predicted molar refractivity (Wildman–Crippen MR) is 115 cm³/mol. The summed E-state index contributed by atoms with van der Waals surface area (Å²) < 4.78 is 30.0.